The minimum absolute atomic E-state index is 0.787. The molecule has 24 heavy (non-hydrogen) atoms. The zero-order valence-corrected chi connectivity index (χ0v) is 15.3. The fourth-order valence-electron chi connectivity index (χ4n) is 3.17. The van der Waals surface area contributed by atoms with E-state index in [4.69, 9.17) is 16.0 Å². The number of halogens is 2. The molecule has 0 aliphatic carbocycles. The third kappa shape index (κ3) is 2.96. The maximum absolute atomic E-state index is 6.49. The first-order valence-electron chi connectivity index (χ1n) is 7.94. The number of fused-ring (bicyclic) bond motifs is 1. The van der Waals surface area contributed by atoms with Crippen molar-refractivity contribution in [3.05, 3.63) is 68.8 Å². The first-order valence-corrected chi connectivity index (χ1v) is 9.11. The van der Waals surface area contributed by atoms with E-state index in [1.807, 2.05) is 18.2 Å². The summed E-state index contributed by atoms with van der Waals surface area (Å²) in [4.78, 5) is 4.54. The minimum Gasteiger partial charge on any atom is -0.464 e. The first kappa shape index (κ1) is 15.7. The topological polar surface area (TPSA) is 37.5 Å². The average Bonchev–Trinajstić information content (AvgIpc) is 3.24. The van der Waals surface area contributed by atoms with Crippen LogP contribution in [-0.2, 0) is 12.8 Å². The van der Waals surface area contributed by atoms with E-state index in [-0.39, 0.29) is 0 Å². The van der Waals surface area contributed by atoms with Crippen LogP contribution in [0.5, 0.6) is 0 Å². The average molecular weight is 404 g/mol. The molecular weight excluding hydrogens is 388 g/mol. The monoisotopic (exact) mass is 402 g/mol. The molecule has 0 radical (unpaired) electrons. The number of aliphatic imine (C=N–C) groups is 1. The Kier molecular flexibility index (Phi) is 4.33. The van der Waals surface area contributed by atoms with Crippen LogP contribution in [0.1, 0.15) is 16.7 Å². The van der Waals surface area contributed by atoms with Gasteiger partial charge in [0.1, 0.15) is 11.4 Å². The van der Waals surface area contributed by atoms with Gasteiger partial charge in [0.15, 0.2) is 0 Å². The molecular formula is C19H16BrClN2O. The third-order valence-corrected chi connectivity index (χ3v) is 5.10. The van der Waals surface area contributed by atoms with Crippen LogP contribution in [0.2, 0.25) is 5.02 Å². The van der Waals surface area contributed by atoms with Crippen molar-refractivity contribution in [3.63, 3.8) is 0 Å². The second-order valence-corrected chi connectivity index (χ2v) is 7.15. The minimum atomic E-state index is 0.787. The molecule has 0 atom stereocenters. The van der Waals surface area contributed by atoms with Crippen molar-refractivity contribution < 1.29 is 4.42 Å². The Morgan fingerprint density at radius 3 is 2.96 bits per heavy atom. The molecule has 1 aromatic heterocycles. The van der Waals surface area contributed by atoms with Gasteiger partial charge in [-0.2, -0.15) is 0 Å². The number of nitrogens with one attached hydrogen (secondary N) is 1. The predicted octanol–water partition coefficient (Wildman–Crippen LogP) is 4.98. The van der Waals surface area contributed by atoms with Crippen LogP contribution in [0, 0.1) is 0 Å². The van der Waals surface area contributed by atoms with Gasteiger partial charge in [0, 0.05) is 27.0 Å². The summed E-state index contributed by atoms with van der Waals surface area (Å²) in [5.41, 5.74) is 4.36. The molecule has 2 heterocycles. The van der Waals surface area contributed by atoms with Crippen LogP contribution in [-0.4, -0.2) is 18.9 Å². The molecule has 0 spiro atoms. The van der Waals surface area contributed by atoms with E-state index in [0.717, 1.165) is 63.4 Å². The highest BCUT2D eigenvalue weighted by Gasteiger charge is 2.16. The van der Waals surface area contributed by atoms with E-state index < -0.39 is 0 Å². The highest BCUT2D eigenvalue weighted by atomic mass is 79.9. The van der Waals surface area contributed by atoms with Gasteiger partial charge in [-0.3, -0.25) is 4.99 Å². The van der Waals surface area contributed by atoms with Crippen LogP contribution in [0.15, 0.2) is 56.5 Å². The van der Waals surface area contributed by atoms with E-state index in [9.17, 15) is 0 Å². The number of benzene rings is 2. The molecule has 1 aliphatic rings. The van der Waals surface area contributed by atoms with Crippen LogP contribution >= 0.6 is 27.5 Å². The third-order valence-electron chi connectivity index (χ3n) is 4.29. The predicted molar refractivity (Wildman–Crippen MR) is 102 cm³/mol. The Balaban J connectivity index is 1.67. The molecule has 0 unspecified atom stereocenters. The Labute approximate surface area is 153 Å². The normalized spacial score (nSPS) is 14.0. The van der Waals surface area contributed by atoms with Gasteiger partial charge in [-0.1, -0.05) is 39.7 Å². The van der Waals surface area contributed by atoms with Crippen molar-refractivity contribution in [2.24, 2.45) is 4.99 Å². The molecule has 3 nitrogen and oxygen atoms in total. The van der Waals surface area contributed by atoms with E-state index in [1.54, 1.807) is 6.26 Å². The van der Waals surface area contributed by atoms with Crippen molar-refractivity contribution in [3.8, 4) is 0 Å². The molecule has 0 saturated carbocycles. The lowest BCUT2D eigenvalue weighted by Crippen LogP contribution is -2.21. The summed E-state index contributed by atoms with van der Waals surface area (Å²) in [7, 11) is 0. The lowest BCUT2D eigenvalue weighted by atomic mass is 9.98. The molecule has 4 rings (SSSR count). The summed E-state index contributed by atoms with van der Waals surface area (Å²) in [5, 5.41) is 5.24. The van der Waals surface area contributed by atoms with Crippen LogP contribution in [0.25, 0.3) is 11.0 Å². The van der Waals surface area contributed by atoms with Gasteiger partial charge < -0.3 is 9.73 Å². The standard InChI is InChI=1S/C19H16BrClN2O/c20-14-10-12(18-13(11-14)6-9-24-18)4-5-15-16(2-1-3-17(15)21)19-22-7-8-23-19/h1-3,6,9-11H,4-5,7-8H2,(H,22,23). The molecule has 0 amide bonds. The second-order valence-electron chi connectivity index (χ2n) is 5.83. The summed E-state index contributed by atoms with van der Waals surface area (Å²) in [6, 6.07) is 12.2. The number of hydrogen-bond acceptors (Lipinski definition) is 3. The van der Waals surface area contributed by atoms with E-state index in [1.165, 1.54) is 5.56 Å². The maximum atomic E-state index is 6.49. The van der Waals surface area contributed by atoms with Crippen LogP contribution in [0.4, 0.5) is 0 Å². The Bertz CT molecular complexity index is 932. The van der Waals surface area contributed by atoms with Crippen molar-refractivity contribution >= 4 is 44.3 Å². The van der Waals surface area contributed by atoms with E-state index >= 15 is 0 Å². The number of furan rings is 1. The van der Waals surface area contributed by atoms with Crippen molar-refractivity contribution in [2.75, 3.05) is 13.1 Å². The second kappa shape index (κ2) is 6.61. The Morgan fingerprint density at radius 1 is 1.21 bits per heavy atom. The number of amidine groups is 1. The molecule has 5 heteroatoms. The maximum Gasteiger partial charge on any atom is 0.137 e. The number of hydrogen-bond donors (Lipinski definition) is 1. The van der Waals surface area contributed by atoms with Crippen LogP contribution < -0.4 is 5.32 Å². The van der Waals surface area contributed by atoms with Gasteiger partial charge in [0.25, 0.3) is 0 Å². The molecule has 0 saturated heterocycles. The van der Waals surface area contributed by atoms with E-state index in [0.29, 0.717) is 0 Å². The van der Waals surface area contributed by atoms with Crippen molar-refractivity contribution in [2.45, 2.75) is 12.8 Å². The molecule has 3 aromatic rings. The highest BCUT2D eigenvalue weighted by molar-refractivity contribution is 9.10. The lowest BCUT2D eigenvalue weighted by Gasteiger charge is -2.12. The lowest BCUT2D eigenvalue weighted by molar-refractivity contribution is 0.610. The number of rotatable bonds is 4. The highest BCUT2D eigenvalue weighted by Crippen LogP contribution is 2.28. The SMILES string of the molecule is Clc1cccc(C2=NCCN2)c1CCc1cc(Br)cc2ccoc12. The largest absolute Gasteiger partial charge is 0.464 e. The van der Waals surface area contributed by atoms with Gasteiger partial charge in [0.2, 0.25) is 0 Å². The summed E-state index contributed by atoms with van der Waals surface area (Å²) < 4.78 is 6.73. The Hall–Kier alpha value is -1.78. The van der Waals surface area contributed by atoms with Gasteiger partial charge >= 0.3 is 0 Å². The summed E-state index contributed by atoms with van der Waals surface area (Å²) in [5.74, 6) is 0.949. The summed E-state index contributed by atoms with van der Waals surface area (Å²) in [6.45, 7) is 1.71. The number of aryl methyl sites for hydroxylation is 1. The summed E-state index contributed by atoms with van der Waals surface area (Å²) in [6.07, 6.45) is 3.42. The van der Waals surface area contributed by atoms with Gasteiger partial charge in [-0.15, -0.1) is 0 Å². The fraction of sp³-hybridized carbons (Fsp3) is 0.211. The van der Waals surface area contributed by atoms with Crippen LogP contribution in [0.3, 0.4) is 0 Å². The molecule has 1 aliphatic heterocycles. The molecule has 0 bridgehead atoms. The van der Waals surface area contributed by atoms with E-state index in [2.05, 4.69) is 44.4 Å². The first-order chi connectivity index (χ1) is 11.7. The fourth-order valence-corrected chi connectivity index (χ4v) is 3.97. The van der Waals surface area contributed by atoms with Gasteiger partial charge in [-0.05, 0) is 48.2 Å². The zero-order valence-electron chi connectivity index (χ0n) is 13.0. The molecule has 0 fully saturated rings. The van der Waals surface area contributed by atoms with Crippen molar-refractivity contribution in [1.82, 2.24) is 5.32 Å². The summed E-state index contributed by atoms with van der Waals surface area (Å²) >= 11 is 10.1. The van der Waals surface area contributed by atoms with Crippen molar-refractivity contribution in [1.29, 1.82) is 0 Å². The molecule has 2 aromatic carbocycles. The quantitative estimate of drug-likeness (QED) is 0.667. The van der Waals surface area contributed by atoms with Gasteiger partial charge in [0.05, 0.1) is 12.8 Å². The molecule has 1 N–H and O–H groups in total. The zero-order chi connectivity index (χ0) is 16.5. The molecule has 122 valence electrons. The number of nitrogens with zero attached hydrogens (tertiary/aromatic N) is 1. The Morgan fingerprint density at radius 2 is 2.12 bits per heavy atom. The van der Waals surface area contributed by atoms with Gasteiger partial charge in [-0.25, -0.2) is 0 Å². The smallest absolute Gasteiger partial charge is 0.137 e.